The summed E-state index contributed by atoms with van der Waals surface area (Å²) < 4.78 is 0. The van der Waals surface area contributed by atoms with E-state index >= 15 is 0 Å². The number of nitrogens with zero attached hydrogens (tertiary/aromatic N) is 3. The maximum Gasteiger partial charge on any atom is 0.162 e. The highest BCUT2D eigenvalue weighted by atomic mass is 15.0. The van der Waals surface area contributed by atoms with Crippen LogP contribution < -0.4 is 5.32 Å². The Bertz CT molecular complexity index is 929. The molecule has 0 aliphatic carbocycles. The van der Waals surface area contributed by atoms with Crippen molar-refractivity contribution in [3.8, 4) is 22.6 Å². The van der Waals surface area contributed by atoms with Gasteiger partial charge >= 0.3 is 0 Å². The second-order valence-electron chi connectivity index (χ2n) is 6.23. The maximum absolute atomic E-state index is 4.76. The van der Waals surface area contributed by atoms with Crippen molar-refractivity contribution < 1.29 is 0 Å². The number of benzene rings is 2. The highest BCUT2D eigenvalue weighted by Crippen LogP contribution is 2.24. The zero-order valence-corrected chi connectivity index (χ0v) is 14.9. The molecule has 1 N–H and O–H groups in total. The van der Waals surface area contributed by atoms with Gasteiger partial charge in [-0.15, -0.1) is 0 Å². The lowest BCUT2D eigenvalue weighted by molar-refractivity contribution is 1.00. The minimum Gasteiger partial charge on any atom is -0.370 e. The molecule has 2 aromatic carbocycles. The van der Waals surface area contributed by atoms with Gasteiger partial charge in [-0.1, -0.05) is 60.7 Å². The predicted molar refractivity (Wildman–Crippen MR) is 109 cm³/mol. The highest BCUT2D eigenvalue weighted by molar-refractivity contribution is 5.67. The van der Waals surface area contributed by atoms with Gasteiger partial charge in [0.1, 0.15) is 5.82 Å². The molecule has 0 aliphatic rings. The van der Waals surface area contributed by atoms with E-state index in [4.69, 9.17) is 9.97 Å². The number of hydrogen-bond donors (Lipinski definition) is 1. The van der Waals surface area contributed by atoms with Gasteiger partial charge in [-0.25, -0.2) is 9.97 Å². The summed E-state index contributed by atoms with van der Waals surface area (Å²) in [5.74, 6) is 1.52. The van der Waals surface area contributed by atoms with Crippen molar-refractivity contribution >= 4 is 5.82 Å². The molecule has 2 aromatic heterocycles. The van der Waals surface area contributed by atoms with E-state index in [0.717, 1.165) is 35.6 Å². The average molecular weight is 352 g/mol. The Morgan fingerprint density at radius 2 is 1.41 bits per heavy atom. The molecule has 4 rings (SSSR count). The summed E-state index contributed by atoms with van der Waals surface area (Å²) in [6, 6.07) is 26.5. The van der Waals surface area contributed by atoms with Crippen molar-refractivity contribution in [3.63, 3.8) is 0 Å². The first-order valence-corrected chi connectivity index (χ1v) is 9.01. The Morgan fingerprint density at radius 3 is 2.15 bits per heavy atom. The van der Waals surface area contributed by atoms with Crippen molar-refractivity contribution in [2.45, 2.75) is 6.42 Å². The monoisotopic (exact) mass is 352 g/mol. The van der Waals surface area contributed by atoms with Gasteiger partial charge in [-0.3, -0.25) is 4.98 Å². The molecule has 4 aromatic rings. The largest absolute Gasteiger partial charge is 0.370 e. The van der Waals surface area contributed by atoms with Crippen molar-refractivity contribution in [2.75, 3.05) is 11.9 Å². The van der Waals surface area contributed by atoms with Crippen LogP contribution in [0.25, 0.3) is 22.6 Å². The Balaban J connectivity index is 1.62. The Morgan fingerprint density at radius 1 is 0.704 bits per heavy atom. The van der Waals surface area contributed by atoms with Gasteiger partial charge in [-0.05, 0) is 24.1 Å². The summed E-state index contributed by atoms with van der Waals surface area (Å²) in [6.45, 7) is 0.811. The second kappa shape index (κ2) is 8.23. The van der Waals surface area contributed by atoms with Gasteiger partial charge < -0.3 is 5.32 Å². The maximum atomic E-state index is 4.76. The standard InChI is InChI=1S/C23H20N4/c1-3-7-18(8-4-1)11-16-25-22-17-21(19-9-5-2-6-10-19)26-23(27-22)20-12-14-24-15-13-20/h1-10,12-15,17H,11,16H2,(H,25,26,27). The van der Waals surface area contributed by atoms with Gasteiger partial charge in [0, 0.05) is 36.1 Å². The molecule has 0 fully saturated rings. The molecular weight excluding hydrogens is 332 g/mol. The van der Waals surface area contributed by atoms with Crippen LogP contribution >= 0.6 is 0 Å². The fraction of sp³-hybridized carbons (Fsp3) is 0.0870. The summed E-state index contributed by atoms with van der Waals surface area (Å²) >= 11 is 0. The van der Waals surface area contributed by atoms with Crippen molar-refractivity contribution in [3.05, 3.63) is 96.8 Å². The quantitative estimate of drug-likeness (QED) is 0.538. The lowest BCUT2D eigenvalue weighted by atomic mass is 10.1. The summed E-state index contributed by atoms with van der Waals surface area (Å²) in [6.07, 6.45) is 4.46. The molecule has 4 nitrogen and oxygen atoms in total. The van der Waals surface area contributed by atoms with E-state index in [0.29, 0.717) is 5.82 Å². The molecule has 0 spiro atoms. The fourth-order valence-electron chi connectivity index (χ4n) is 2.90. The minimum absolute atomic E-state index is 0.695. The lowest BCUT2D eigenvalue weighted by Gasteiger charge is -2.10. The first-order chi connectivity index (χ1) is 13.4. The molecule has 132 valence electrons. The number of hydrogen-bond acceptors (Lipinski definition) is 4. The second-order valence-corrected chi connectivity index (χ2v) is 6.23. The molecule has 27 heavy (non-hydrogen) atoms. The zero-order chi connectivity index (χ0) is 18.3. The van der Waals surface area contributed by atoms with E-state index in [-0.39, 0.29) is 0 Å². The molecule has 4 heteroatoms. The Labute approximate surface area is 159 Å². The molecule has 0 atom stereocenters. The molecular formula is C23H20N4. The van der Waals surface area contributed by atoms with Gasteiger partial charge in [0.05, 0.1) is 5.69 Å². The third-order valence-corrected chi connectivity index (χ3v) is 4.30. The summed E-state index contributed by atoms with van der Waals surface area (Å²) in [5.41, 5.74) is 4.23. The predicted octanol–water partition coefficient (Wildman–Crippen LogP) is 4.86. The molecule has 0 saturated carbocycles. The van der Waals surface area contributed by atoms with Crippen LogP contribution in [0.1, 0.15) is 5.56 Å². The lowest BCUT2D eigenvalue weighted by Crippen LogP contribution is -2.07. The van der Waals surface area contributed by atoms with E-state index < -0.39 is 0 Å². The van der Waals surface area contributed by atoms with Crippen LogP contribution in [-0.4, -0.2) is 21.5 Å². The average Bonchev–Trinajstić information content (AvgIpc) is 2.76. The normalized spacial score (nSPS) is 10.5. The number of nitrogens with one attached hydrogen (secondary N) is 1. The zero-order valence-electron chi connectivity index (χ0n) is 14.9. The van der Waals surface area contributed by atoms with Crippen LogP contribution in [-0.2, 0) is 6.42 Å². The smallest absolute Gasteiger partial charge is 0.162 e. The van der Waals surface area contributed by atoms with Crippen LogP contribution in [0.3, 0.4) is 0 Å². The van der Waals surface area contributed by atoms with Crippen LogP contribution in [0, 0.1) is 0 Å². The van der Waals surface area contributed by atoms with E-state index in [9.17, 15) is 0 Å². The van der Waals surface area contributed by atoms with E-state index in [1.807, 2.05) is 42.5 Å². The number of anilines is 1. The summed E-state index contributed by atoms with van der Waals surface area (Å²) in [4.78, 5) is 13.6. The van der Waals surface area contributed by atoms with Gasteiger partial charge in [-0.2, -0.15) is 0 Å². The van der Waals surface area contributed by atoms with Crippen LogP contribution in [0.15, 0.2) is 91.3 Å². The van der Waals surface area contributed by atoms with Crippen LogP contribution in [0.4, 0.5) is 5.82 Å². The third kappa shape index (κ3) is 4.36. The fourth-order valence-corrected chi connectivity index (χ4v) is 2.90. The third-order valence-electron chi connectivity index (χ3n) is 4.30. The molecule has 0 saturated heterocycles. The van der Waals surface area contributed by atoms with Gasteiger partial charge in [0.25, 0.3) is 0 Å². The molecule has 0 aliphatic heterocycles. The molecule has 2 heterocycles. The number of aromatic nitrogens is 3. The van der Waals surface area contributed by atoms with Crippen LogP contribution in [0.2, 0.25) is 0 Å². The number of pyridine rings is 1. The summed E-state index contributed by atoms with van der Waals surface area (Å²) in [5, 5.41) is 3.45. The molecule has 0 bridgehead atoms. The van der Waals surface area contributed by atoms with E-state index in [2.05, 4.69) is 46.7 Å². The van der Waals surface area contributed by atoms with E-state index in [1.54, 1.807) is 12.4 Å². The van der Waals surface area contributed by atoms with Crippen molar-refractivity contribution in [1.29, 1.82) is 0 Å². The first kappa shape index (κ1) is 16.9. The molecule has 0 amide bonds. The molecule has 0 unspecified atom stereocenters. The van der Waals surface area contributed by atoms with Crippen molar-refractivity contribution in [2.24, 2.45) is 0 Å². The highest BCUT2D eigenvalue weighted by Gasteiger charge is 2.08. The first-order valence-electron chi connectivity index (χ1n) is 9.01. The molecule has 0 radical (unpaired) electrons. The Kier molecular flexibility index (Phi) is 5.16. The van der Waals surface area contributed by atoms with E-state index in [1.165, 1.54) is 5.56 Å². The Hall–Kier alpha value is -3.53. The SMILES string of the molecule is c1ccc(CCNc2cc(-c3ccccc3)nc(-c3ccncc3)n2)cc1. The number of rotatable bonds is 6. The topological polar surface area (TPSA) is 50.7 Å². The minimum atomic E-state index is 0.695. The van der Waals surface area contributed by atoms with Crippen LogP contribution in [0.5, 0.6) is 0 Å². The van der Waals surface area contributed by atoms with Gasteiger partial charge in [0.15, 0.2) is 5.82 Å². The summed E-state index contributed by atoms with van der Waals surface area (Å²) in [7, 11) is 0. The van der Waals surface area contributed by atoms with Gasteiger partial charge in [0.2, 0.25) is 0 Å². The van der Waals surface area contributed by atoms with Crippen molar-refractivity contribution in [1.82, 2.24) is 15.0 Å².